The molecule has 1 aromatic heterocycles. The number of amides is 1. The minimum Gasteiger partial charge on any atom is -0.448 e. The van der Waals surface area contributed by atoms with Gasteiger partial charge in [0.25, 0.3) is 5.91 Å². The van der Waals surface area contributed by atoms with Crippen LogP contribution in [-0.2, 0) is 16.0 Å². The van der Waals surface area contributed by atoms with Crippen LogP contribution in [0.3, 0.4) is 0 Å². The van der Waals surface area contributed by atoms with Crippen molar-refractivity contribution >= 4 is 56.0 Å². The molecule has 0 bridgehead atoms. The van der Waals surface area contributed by atoms with Crippen LogP contribution in [0.15, 0.2) is 27.0 Å². The van der Waals surface area contributed by atoms with E-state index in [1.54, 1.807) is 23.9 Å². The number of nitrogens with zero attached hydrogens (tertiary/aromatic N) is 2. The molecule has 9 heteroatoms. The van der Waals surface area contributed by atoms with Crippen LogP contribution in [-0.4, -0.2) is 33.9 Å². The van der Waals surface area contributed by atoms with Crippen molar-refractivity contribution in [1.29, 1.82) is 0 Å². The Morgan fingerprint density at radius 3 is 3.12 bits per heavy atom. The molecule has 0 saturated heterocycles. The molecular weight excluding hydrogens is 426 g/mol. The second-order valence-corrected chi connectivity index (χ2v) is 8.70. The van der Waals surface area contributed by atoms with Gasteiger partial charge in [0.15, 0.2) is 10.4 Å². The molecule has 1 unspecified atom stereocenters. The summed E-state index contributed by atoms with van der Waals surface area (Å²) in [4.78, 5) is 24.5. The predicted octanol–water partition coefficient (Wildman–Crippen LogP) is 3.91. The number of carbonyl (C=O) groups excluding carboxylic acids is 2. The topological polar surface area (TPSA) is 81.2 Å². The third-order valence-corrected chi connectivity index (χ3v) is 6.15. The standard InChI is InChI=1S/C16H16BrN3O3S2/c1-2-3-6-24-16-20-19-15(25-16)18-13(21)12-8-9-7-10(17)4-5-11(9)14(22)23-12/h4-5,7,12H,2-3,6,8H2,1H3,(H,18,19,21). The van der Waals surface area contributed by atoms with E-state index in [0.29, 0.717) is 17.1 Å². The first-order valence-corrected chi connectivity index (χ1v) is 10.4. The summed E-state index contributed by atoms with van der Waals surface area (Å²) in [5.74, 6) is 0.104. The quantitative estimate of drug-likeness (QED) is 0.316. The number of aromatic nitrogens is 2. The highest BCUT2D eigenvalue weighted by molar-refractivity contribution is 9.10. The Labute approximate surface area is 161 Å². The van der Waals surface area contributed by atoms with Crippen molar-refractivity contribution in [3.8, 4) is 0 Å². The average molecular weight is 442 g/mol. The molecule has 3 rings (SSSR count). The van der Waals surface area contributed by atoms with Gasteiger partial charge >= 0.3 is 5.97 Å². The fourth-order valence-electron chi connectivity index (χ4n) is 2.32. The van der Waals surface area contributed by atoms with Crippen molar-refractivity contribution in [2.45, 2.75) is 36.6 Å². The van der Waals surface area contributed by atoms with Crippen molar-refractivity contribution in [1.82, 2.24) is 10.2 Å². The highest BCUT2D eigenvalue weighted by Gasteiger charge is 2.31. The predicted molar refractivity (Wildman–Crippen MR) is 101 cm³/mol. The van der Waals surface area contributed by atoms with E-state index in [-0.39, 0.29) is 5.91 Å². The number of cyclic esters (lactones) is 1. The number of hydrogen-bond donors (Lipinski definition) is 1. The maximum atomic E-state index is 12.4. The molecule has 0 fully saturated rings. The van der Waals surface area contributed by atoms with E-state index in [1.165, 1.54) is 11.3 Å². The summed E-state index contributed by atoms with van der Waals surface area (Å²) in [6.07, 6.45) is 1.71. The Hall–Kier alpha value is -1.45. The molecule has 25 heavy (non-hydrogen) atoms. The monoisotopic (exact) mass is 441 g/mol. The van der Waals surface area contributed by atoms with Crippen LogP contribution in [0.4, 0.5) is 5.13 Å². The van der Waals surface area contributed by atoms with Gasteiger partial charge in [-0.1, -0.05) is 52.4 Å². The van der Waals surface area contributed by atoms with Gasteiger partial charge < -0.3 is 4.74 Å². The first-order chi connectivity index (χ1) is 12.1. The molecule has 0 saturated carbocycles. The zero-order valence-corrected chi connectivity index (χ0v) is 16.7. The number of benzene rings is 1. The van der Waals surface area contributed by atoms with E-state index >= 15 is 0 Å². The SMILES string of the molecule is CCCCSc1nnc(NC(=O)C2Cc3cc(Br)ccc3C(=O)O2)s1. The smallest absolute Gasteiger partial charge is 0.339 e. The third kappa shape index (κ3) is 4.59. The number of unbranched alkanes of at least 4 members (excludes halogenated alkanes) is 1. The highest BCUT2D eigenvalue weighted by atomic mass is 79.9. The van der Waals surface area contributed by atoms with Gasteiger partial charge in [0.05, 0.1) is 5.56 Å². The minimum absolute atomic E-state index is 0.337. The van der Waals surface area contributed by atoms with Crippen molar-refractivity contribution in [3.05, 3.63) is 33.8 Å². The molecule has 1 aliphatic heterocycles. The van der Waals surface area contributed by atoms with E-state index in [1.807, 2.05) is 6.07 Å². The fourth-order valence-corrected chi connectivity index (χ4v) is 4.64. The number of fused-ring (bicyclic) bond motifs is 1. The summed E-state index contributed by atoms with van der Waals surface area (Å²) < 4.78 is 6.94. The number of halogens is 1. The second-order valence-electron chi connectivity index (χ2n) is 5.46. The Morgan fingerprint density at radius 1 is 1.48 bits per heavy atom. The Morgan fingerprint density at radius 2 is 2.32 bits per heavy atom. The van der Waals surface area contributed by atoms with Crippen LogP contribution in [0.25, 0.3) is 0 Å². The molecule has 1 atom stereocenters. The molecule has 2 aromatic rings. The maximum absolute atomic E-state index is 12.4. The van der Waals surface area contributed by atoms with Crippen molar-refractivity contribution in [2.24, 2.45) is 0 Å². The lowest BCUT2D eigenvalue weighted by molar-refractivity contribution is -0.125. The molecule has 1 aliphatic rings. The number of thioether (sulfide) groups is 1. The first-order valence-electron chi connectivity index (χ1n) is 7.83. The summed E-state index contributed by atoms with van der Waals surface area (Å²) in [5.41, 5.74) is 1.29. The van der Waals surface area contributed by atoms with Crippen LogP contribution in [0, 0.1) is 0 Å². The zero-order chi connectivity index (χ0) is 17.8. The summed E-state index contributed by atoms with van der Waals surface area (Å²) in [6, 6.07) is 5.31. The Kier molecular flexibility index (Phi) is 6.08. The van der Waals surface area contributed by atoms with Crippen LogP contribution >= 0.6 is 39.0 Å². The summed E-state index contributed by atoms with van der Waals surface area (Å²) in [5, 5.41) is 11.1. The lowest BCUT2D eigenvalue weighted by Gasteiger charge is -2.23. The molecule has 0 spiro atoms. The van der Waals surface area contributed by atoms with Crippen LogP contribution in [0.5, 0.6) is 0 Å². The summed E-state index contributed by atoms with van der Waals surface area (Å²) >= 11 is 6.33. The van der Waals surface area contributed by atoms with E-state index in [0.717, 1.165) is 33.0 Å². The van der Waals surface area contributed by atoms with Crippen molar-refractivity contribution < 1.29 is 14.3 Å². The van der Waals surface area contributed by atoms with Crippen LogP contribution in [0.2, 0.25) is 0 Å². The summed E-state index contributed by atoms with van der Waals surface area (Å²) in [7, 11) is 0. The lowest BCUT2D eigenvalue weighted by atomic mass is 9.98. The number of ether oxygens (including phenoxy) is 1. The number of esters is 1. The molecule has 2 heterocycles. The Bertz CT molecular complexity index is 797. The van der Waals surface area contributed by atoms with Gasteiger partial charge in [0, 0.05) is 16.6 Å². The number of rotatable bonds is 6. The Balaban J connectivity index is 1.63. The van der Waals surface area contributed by atoms with Crippen LogP contribution < -0.4 is 5.32 Å². The first kappa shape index (κ1) is 18.3. The second kappa shape index (κ2) is 8.29. The third-order valence-electron chi connectivity index (χ3n) is 3.59. The van der Waals surface area contributed by atoms with E-state index < -0.39 is 12.1 Å². The van der Waals surface area contributed by atoms with E-state index in [4.69, 9.17) is 4.74 Å². The number of hydrogen-bond acceptors (Lipinski definition) is 7. The lowest BCUT2D eigenvalue weighted by Crippen LogP contribution is -2.38. The molecule has 1 aromatic carbocycles. The molecule has 1 N–H and O–H groups in total. The van der Waals surface area contributed by atoms with Crippen molar-refractivity contribution in [2.75, 3.05) is 11.1 Å². The zero-order valence-electron chi connectivity index (χ0n) is 13.5. The normalized spacial score (nSPS) is 16.2. The van der Waals surface area contributed by atoms with Gasteiger partial charge in [-0.3, -0.25) is 10.1 Å². The van der Waals surface area contributed by atoms with E-state index in [9.17, 15) is 9.59 Å². The van der Waals surface area contributed by atoms with E-state index in [2.05, 4.69) is 38.4 Å². The number of anilines is 1. The van der Waals surface area contributed by atoms with Gasteiger partial charge in [-0.25, -0.2) is 4.79 Å². The molecule has 132 valence electrons. The van der Waals surface area contributed by atoms with Gasteiger partial charge in [0.2, 0.25) is 5.13 Å². The largest absolute Gasteiger partial charge is 0.448 e. The number of nitrogens with one attached hydrogen (secondary N) is 1. The van der Waals surface area contributed by atoms with Crippen molar-refractivity contribution in [3.63, 3.8) is 0 Å². The fraction of sp³-hybridized carbons (Fsp3) is 0.375. The van der Waals surface area contributed by atoms with Gasteiger partial charge in [-0.2, -0.15) is 0 Å². The van der Waals surface area contributed by atoms with Gasteiger partial charge in [-0.05, 0) is 30.2 Å². The minimum atomic E-state index is -0.866. The van der Waals surface area contributed by atoms with Gasteiger partial charge in [-0.15, -0.1) is 10.2 Å². The molecule has 0 aliphatic carbocycles. The molecule has 1 amide bonds. The maximum Gasteiger partial charge on any atom is 0.339 e. The molecule has 6 nitrogen and oxygen atoms in total. The molecule has 0 radical (unpaired) electrons. The number of carbonyl (C=O) groups is 2. The summed E-state index contributed by atoms with van der Waals surface area (Å²) in [6.45, 7) is 2.13. The average Bonchev–Trinajstić information content (AvgIpc) is 3.02. The van der Waals surface area contributed by atoms with Gasteiger partial charge in [0.1, 0.15) is 0 Å². The highest BCUT2D eigenvalue weighted by Crippen LogP contribution is 2.28. The molecular formula is C16H16BrN3O3S2. The van der Waals surface area contributed by atoms with Crippen LogP contribution in [0.1, 0.15) is 35.7 Å².